The van der Waals surface area contributed by atoms with Crippen LogP contribution in [0.25, 0.3) is 28.5 Å². The fourth-order valence-electron chi connectivity index (χ4n) is 3.73. The van der Waals surface area contributed by atoms with Crippen LogP contribution in [0.4, 0.5) is 8.78 Å². The number of hydrogen-bond acceptors (Lipinski definition) is 3. The number of ether oxygens (including phenoxy) is 1. The molecule has 1 heterocycles. The summed E-state index contributed by atoms with van der Waals surface area (Å²) >= 11 is 0. The molecule has 180 valence electrons. The van der Waals surface area contributed by atoms with Crippen LogP contribution < -0.4 is 0 Å². The number of allylic oxidation sites excluding steroid dienone is 1. The minimum atomic E-state index is -0.879. The fourth-order valence-corrected chi connectivity index (χ4v) is 3.73. The molecular weight excluding hydrogens is 432 g/mol. The third-order valence-corrected chi connectivity index (χ3v) is 5.78. The minimum Gasteiger partial charge on any atom is -0.508 e. The van der Waals surface area contributed by atoms with Crippen molar-refractivity contribution in [3.63, 3.8) is 0 Å². The molecule has 0 bridgehead atoms. The van der Waals surface area contributed by atoms with Gasteiger partial charge in [-0.3, -0.25) is 4.98 Å². The first-order valence-corrected chi connectivity index (χ1v) is 12.0. The molecule has 1 aromatic heterocycles. The zero-order valence-electron chi connectivity index (χ0n) is 19.9. The number of benzene rings is 2. The van der Waals surface area contributed by atoms with Crippen molar-refractivity contribution in [1.29, 1.82) is 0 Å². The number of unbranched alkanes of at least 4 members (excludes halogenated alkanes) is 3. The molecule has 0 radical (unpaired) electrons. The van der Waals surface area contributed by atoms with Crippen molar-refractivity contribution in [1.82, 2.24) is 4.98 Å². The number of aromatic nitrogens is 1. The van der Waals surface area contributed by atoms with Crippen molar-refractivity contribution < 1.29 is 18.6 Å². The second-order valence-electron chi connectivity index (χ2n) is 8.53. The van der Waals surface area contributed by atoms with E-state index in [1.165, 1.54) is 19.0 Å². The highest BCUT2D eigenvalue weighted by atomic mass is 19.2. The molecule has 0 aliphatic rings. The molecular formula is C29H33F2NO2. The van der Waals surface area contributed by atoms with Crippen LogP contribution in [0.3, 0.4) is 0 Å². The van der Waals surface area contributed by atoms with Gasteiger partial charge in [-0.05, 0) is 62.9 Å². The van der Waals surface area contributed by atoms with Crippen LogP contribution in [0.15, 0.2) is 60.8 Å². The topological polar surface area (TPSA) is 42.4 Å². The van der Waals surface area contributed by atoms with E-state index in [0.717, 1.165) is 37.9 Å². The largest absolute Gasteiger partial charge is 0.508 e. The molecule has 1 atom stereocenters. The van der Waals surface area contributed by atoms with E-state index in [-0.39, 0.29) is 23.0 Å². The lowest BCUT2D eigenvalue weighted by Gasteiger charge is -2.12. The van der Waals surface area contributed by atoms with Gasteiger partial charge in [0.2, 0.25) is 0 Å². The number of phenols is 1. The number of phenolic OH excluding ortho intramolecular Hbond substituents is 1. The number of halogens is 2. The molecule has 0 spiro atoms. The molecule has 1 unspecified atom stereocenters. The Morgan fingerprint density at radius 1 is 0.941 bits per heavy atom. The van der Waals surface area contributed by atoms with E-state index >= 15 is 0 Å². The van der Waals surface area contributed by atoms with Gasteiger partial charge in [-0.15, -0.1) is 0 Å². The number of aromatic hydroxyl groups is 1. The summed E-state index contributed by atoms with van der Waals surface area (Å²) in [4.78, 5) is 4.37. The van der Waals surface area contributed by atoms with Crippen molar-refractivity contribution >= 4 is 6.08 Å². The maximum Gasteiger partial charge on any atom is 0.167 e. The number of pyridine rings is 1. The Bertz CT molecular complexity index is 1060. The van der Waals surface area contributed by atoms with Crippen LogP contribution in [0.1, 0.15) is 57.9 Å². The van der Waals surface area contributed by atoms with Gasteiger partial charge in [-0.25, -0.2) is 8.78 Å². The smallest absolute Gasteiger partial charge is 0.167 e. The quantitative estimate of drug-likeness (QED) is 0.274. The molecule has 0 aliphatic carbocycles. The van der Waals surface area contributed by atoms with Gasteiger partial charge in [0, 0.05) is 35.1 Å². The first-order valence-electron chi connectivity index (χ1n) is 12.0. The molecule has 5 heteroatoms. The van der Waals surface area contributed by atoms with Gasteiger partial charge in [0.15, 0.2) is 11.6 Å². The van der Waals surface area contributed by atoms with E-state index in [9.17, 15) is 13.9 Å². The Hall–Kier alpha value is -3.05. The molecule has 3 nitrogen and oxygen atoms in total. The maximum absolute atomic E-state index is 14.8. The fraction of sp³-hybridized carbons (Fsp3) is 0.345. The Morgan fingerprint density at radius 3 is 2.41 bits per heavy atom. The van der Waals surface area contributed by atoms with Gasteiger partial charge in [-0.2, -0.15) is 0 Å². The molecule has 0 fully saturated rings. The first kappa shape index (κ1) is 25.6. The summed E-state index contributed by atoms with van der Waals surface area (Å²) < 4.78 is 35.3. The summed E-state index contributed by atoms with van der Waals surface area (Å²) in [6.45, 7) is 5.05. The highest BCUT2D eigenvalue weighted by Gasteiger charge is 2.14. The number of hydrogen-bond donors (Lipinski definition) is 1. The highest BCUT2D eigenvalue weighted by molar-refractivity contribution is 5.69. The second kappa shape index (κ2) is 13.0. The molecule has 34 heavy (non-hydrogen) atoms. The normalized spacial score (nSPS) is 12.4. The highest BCUT2D eigenvalue weighted by Crippen LogP contribution is 2.28. The van der Waals surface area contributed by atoms with Crippen molar-refractivity contribution in [2.45, 2.75) is 58.5 Å². The van der Waals surface area contributed by atoms with Crippen LogP contribution in [0.5, 0.6) is 5.75 Å². The lowest BCUT2D eigenvalue weighted by molar-refractivity contribution is 0.0566. The lowest BCUT2D eigenvalue weighted by Crippen LogP contribution is -2.08. The zero-order valence-corrected chi connectivity index (χ0v) is 19.9. The molecule has 3 rings (SSSR count). The Labute approximate surface area is 201 Å². The van der Waals surface area contributed by atoms with Crippen molar-refractivity contribution in [3.8, 4) is 28.1 Å². The zero-order chi connectivity index (χ0) is 24.3. The minimum absolute atomic E-state index is 0.174. The monoisotopic (exact) mass is 465 g/mol. The molecule has 1 N–H and O–H groups in total. The van der Waals surface area contributed by atoms with Crippen molar-refractivity contribution in [2.75, 3.05) is 6.61 Å². The Morgan fingerprint density at radius 2 is 1.71 bits per heavy atom. The standard InChI is InChI=1S/C29H33F2NO2/c1-3-4-8-19-34-21(2)9-6-5-7-10-23-13-17-26(29(31)28(23)30)24-14-18-27(32-20-24)22-11-15-25(33)16-12-22/h7,10-18,20-21,33H,3-6,8-9,19H2,1-2H3. The van der Waals surface area contributed by atoms with E-state index in [2.05, 4.69) is 18.8 Å². The van der Waals surface area contributed by atoms with E-state index in [0.29, 0.717) is 11.3 Å². The van der Waals surface area contributed by atoms with E-state index < -0.39 is 11.6 Å². The summed E-state index contributed by atoms with van der Waals surface area (Å²) in [5.41, 5.74) is 2.42. The molecule has 0 saturated heterocycles. The number of nitrogens with zero attached hydrogens (tertiary/aromatic N) is 1. The molecule has 3 aromatic rings. The summed E-state index contributed by atoms with van der Waals surface area (Å²) in [6, 6.07) is 13.3. The molecule has 0 saturated carbocycles. The van der Waals surface area contributed by atoms with E-state index in [4.69, 9.17) is 4.74 Å². The summed E-state index contributed by atoms with van der Waals surface area (Å²) in [6.07, 6.45) is 11.4. The van der Waals surface area contributed by atoms with Gasteiger partial charge >= 0.3 is 0 Å². The third kappa shape index (κ3) is 7.22. The van der Waals surface area contributed by atoms with Gasteiger partial charge < -0.3 is 9.84 Å². The Kier molecular flexibility index (Phi) is 9.77. The summed E-state index contributed by atoms with van der Waals surface area (Å²) in [7, 11) is 0. The van der Waals surface area contributed by atoms with E-state index in [1.54, 1.807) is 54.6 Å². The van der Waals surface area contributed by atoms with Crippen LogP contribution in [0.2, 0.25) is 0 Å². The van der Waals surface area contributed by atoms with Crippen molar-refractivity contribution in [2.24, 2.45) is 0 Å². The van der Waals surface area contributed by atoms with Gasteiger partial charge in [0.05, 0.1) is 11.8 Å². The average Bonchev–Trinajstić information content (AvgIpc) is 2.85. The number of rotatable bonds is 12. The van der Waals surface area contributed by atoms with Crippen LogP contribution in [-0.4, -0.2) is 22.8 Å². The summed E-state index contributed by atoms with van der Waals surface area (Å²) in [5, 5.41) is 9.41. The first-order chi connectivity index (χ1) is 16.5. The SMILES string of the molecule is CCCCCOC(C)CCCC=Cc1ccc(-c2ccc(-c3ccc(O)cc3)nc2)c(F)c1F. The second-order valence-corrected chi connectivity index (χ2v) is 8.53. The van der Waals surface area contributed by atoms with Crippen LogP contribution in [-0.2, 0) is 4.74 Å². The molecule has 2 aromatic carbocycles. The van der Waals surface area contributed by atoms with Gasteiger partial charge in [0.1, 0.15) is 5.75 Å². The Balaban J connectivity index is 1.56. The van der Waals surface area contributed by atoms with Crippen molar-refractivity contribution in [3.05, 3.63) is 78.0 Å². The predicted molar refractivity (Wildman–Crippen MR) is 135 cm³/mol. The lowest BCUT2D eigenvalue weighted by atomic mass is 10.0. The van der Waals surface area contributed by atoms with Crippen LogP contribution >= 0.6 is 0 Å². The molecule has 0 aliphatic heterocycles. The van der Waals surface area contributed by atoms with Gasteiger partial charge in [-0.1, -0.05) is 50.1 Å². The van der Waals surface area contributed by atoms with E-state index in [1.807, 2.05) is 6.08 Å². The molecule has 0 amide bonds. The van der Waals surface area contributed by atoms with Gasteiger partial charge in [0.25, 0.3) is 0 Å². The average molecular weight is 466 g/mol. The summed E-state index contributed by atoms with van der Waals surface area (Å²) in [5.74, 6) is -1.56. The van der Waals surface area contributed by atoms with Crippen LogP contribution in [0, 0.1) is 11.6 Å². The third-order valence-electron chi connectivity index (χ3n) is 5.78. The maximum atomic E-state index is 14.8. The predicted octanol–water partition coefficient (Wildman–Crippen LogP) is 8.18.